The molecule has 0 radical (unpaired) electrons. The van der Waals surface area contributed by atoms with Gasteiger partial charge in [0.2, 0.25) is 0 Å². The topological polar surface area (TPSA) is 47.9 Å². The van der Waals surface area contributed by atoms with Crippen molar-refractivity contribution in [1.29, 1.82) is 0 Å². The quantitative estimate of drug-likeness (QED) is 0.406. The van der Waals surface area contributed by atoms with Crippen LogP contribution in [0.5, 0.6) is 0 Å². The van der Waals surface area contributed by atoms with E-state index in [1.54, 1.807) is 13.2 Å². The second-order valence-electron chi connectivity index (χ2n) is 4.49. The Balaban J connectivity index is 2.67. The first-order valence-electron chi connectivity index (χ1n) is 6.77. The van der Waals surface area contributed by atoms with Crippen LogP contribution in [0.2, 0.25) is 0 Å². The summed E-state index contributed by atoms with van der Waals surface area (Å²) in [5.41, 5.74) is -0.294. The first-order chi connectivity index (χ1) is 9.69. The summed E-state index contributed by atoms with van der Waals surface area (Å²) in [6.45, 7) is 6.73. The number of aliphatic hydroxyl groups is 1. The van der Waals surface area contributed by atoms with Gasteiger partial charge in [-0.15, -0.1) is 6.58 Å². The summed E-state index contributed by atoms with van der Waals surface area (Å²) in [4.78, 5) is 0. The van der Waals surface area contributed by atoms with Crippen LogP contribution in [0.4, 0.5) is 0 Å². The van der Waals surface area contributed by atoms with E-state index in [9.17, 15) is 5.11 Å². The maximum atomic E-state index is 10.9. The van der Waals surface area contributed by atoms with E-state index in [0.717, 1.165) is 5.56 Å². The van der Waals surface area contributed by atoms with Crippen molar-refractivity contribution in [2.75, 3.05) is 27.1 Å². The van der Waals surface area contributed by atoms with Crippen molar-refractivity contribution in [1.82, 2.24) is 0 Å². The molecule has 4 nitrogen and oxygen atoms in total. The number of hydrogen-bond acceptors (Lipinski definition) is 4. The van der Waals surface area contributed by atoms with Crippen molar-refractivity contribution < 1.29 is 19.3 Å². The minimum atomic E-state index is -1.10. The van der Waals surface area contributed by atoms with E-state index in [1.165, 1.54) is 0 Å². The van der Waals surface area contributed by atoms with Gasteiger partial charge in [-0.05, 0) is 12.0 Å². The zero-order valence-corrected chi connectivity index (χ0v) is 12.2. The minimum absolute atomic E-state index is 0.0925. The van der Waals surface area contributed by atoms with Gasteiger partial charge in [-0.2, -0.15) is 0 Å². The molecule has 1 rings (SSSR count). The van der Waals surface area contributed by atoms with Crippen molar-refractivity contribution >= 4 is 0 Å². The summed E-state index contributed by atoms with van der Waals surface area (Å²) in [5.74, 6) is 0. The van der Waals surface area contributed by atoms with Gasteiger partial charge in [-0.25, -0.2) is 0 Å². The monoisotopic (exact) mass is 280 g/mol. The molecule has 0 saturated heterocycles. The van der Waals surface area contributed by atoms with Gasteiger partial charge in [0, 0.05) is 7.11 Å². The van der Waals surface area contributed by atoms with Crippen LogP contribution < -0.4 is 0 Å². The van der Waals surface area contributed by atoms with Crippen molar-refractivity contribution in [2.45, 2.75) is 25.0 Å². The fourth-order valence-corrected chi connectivity index (χ4v) is 2.02. The average molecular weight is 280 g/mol. The van der Waals surface area contributed by atoms with Gasteiger partial charge in [-0.3, -0.25) is 0 Å². The molecule has 2 atom stereocenters. The molecular weight excluding hydrogens is 256 g/mol. The molecule has 0 spiro atoms. The van der Waals surface area contributed by atoms with Crippen molar-refractivity contribution in [3.05, 3.63) is 48.6 Å². The zero-order valence-electron chi connectivity index (χ0n) is 12.2. The first kappa shape index (κ1) is 16.9. The highest BCUT2D eigenvalue weighted by molar-refractivity contribution is 5.25. The lowest BCUT2D eigenvalue weighted by Gasteiger charge is -2.34. The van der Waals surface area contributed by atoms with E-state index in [2.05, 4.69) is 6.58 Å². The molecule has 112 valence electrons. The molecule has 1 aromatic rings. The van der Waals surface area contributed by atoms with E-state index in [4.69, 9.17) is 14.2 Å². The number of ether oxygens (including phenoxy) is 3. The van der Waals surface area contributed by atoms with Crippen LogP contribution in [0.25, 0.3) is 0 Å². The van der Waals surface area contributed by atoms with Gasteiger partial charge in [0.15, 0.2) is 0 Å². The second kappa shape index (κ2) is 8.87. The number of rotatable bonds is 10. The molecule has 0 aromatic heterocycles. The standard InChI is InChI=1S/C16H24O4/c1-4-15(20-13-19-12-11-18-3)16(17,5-2)14-9-7-6-8-10-14/h4,6-10,15,17H,1,5,11-13H2,2-3H3/t15-,16+/m0/s1. The summed E-state index contributed by atoms with van der Waals surface area (Å²) in [7, 11) is 1.61. The summed E-state index contributed by atoms with van der Waals surface area (Å²) in [6.07, 6.45) is 1.60. The van der Waals surface area contributed by atoms with E-state index in [-0.39, 0.29) is 6.79 Å². The Morgan fingerprint density at radius 3 is 2.55 bits per heavy atom. The lowest BCUT2D eigenvalue weighted by Crippen LogP contribution is -2.40. The van der Waals surface area contributed by atoms with Gasteiger partial charge in [0.25, 0.3) is 0 Å². The Morgan fingerprint density at radius 2 is 2.00 bits per heavy atom. The van der Waals surface area contributed by atoms with Crippen LogP contribution in [0.15, 0.2) is 43.0 Å². The highest BCUT2D eigenvalue weighted by Crippen LogP contribution is 2.31. The summed E-state index contributed by atoms with van der Waals surface area (Å²) in [5, 5.41) is 10.9. The Labute approximate surface area is 121 Å². The average Bonchev–Trinajstić information content (AvgIpc) is 2.51. The second-order valence-corrected chi connectivity index (χ2v) is 4.49. The van der Waals surface area contributed by atoms with Crippen LogP contribution in [0.3, 0.4) is 0 Å². The molecule has 20 heavy (non-hydrogen) atoms. The fourth-order valence-electron chi connectivity index (χ4n) is 2.02. The largest absolute Gasteiger partial charge is 0.382 e. The third-order valence-electron chi connectivity index (χ3n) is 3.26. The smallest absolute Gasteiger partial charge is 0.147 e. The van der Waals surface area contributed by atoms with E-state index in [0.29, 0.717) is 19.6 Å². The molecule has 1 N–H and O–H groups in total. The third kappa shape index (κ3) is 4.42. The lowest BCUT2D eigenvalue weighted by atomic mass is 9.85. The maximum Gasteiger partial charge on any atom is 0.147 e. The van der Waals surface area contributed by atoms with Crippen LogP contribution >= 0.6 is 0 Å². The normalized spacial score (nSPS) is 15.6. The summed E-state index contributed by atoms with van der Waals surface area (Å²) in [6, 6.07) is 9.47. The number of methoxy groups -OCH3 is 1. The highest BCUT2D eigenvalue weighted by Gasteiger charge is 2.35. The Hall–Kier alpha value is -1.20. The molecular formula is C16H24O4. The minimum Gasteiger partial charge on any atom is -0.382 e. The molecule has 0 unspecified atom stereocenters. The van der Waals surface area contributed by atoms with Crippen LogP contribution in [-0.2, 0) is 19.8 Å². The lowest BCUT2D eigenvalue weighted by molar-refractivity contribution is -0.152. The molecule has 0 saturated carbocycles. The molecule has 0 fully saturated rings. The molecule has 4 heteroatoms. The Kier molecular flexibility index (Phi) is 7.47. The number of benzene rings is 1. The summed E-state index contributed by atoms with van der Waals surface area (Å²) >= 11 is 0. The molecule has 0 aliphatic rings. The SMILES string of the molecule is C=C[C@H](OCOCCOC)[C@@](O)(CC)c1ccccc1. The van der Waals surface area contributed by atoms with Gasteiger partial charge in [-0.1, -0.05) is 43.3 Å². The van der Waals surface area contributed by atoms with Crippen LogP contribution in [0.1, 0.15) is 18.9 Å². The Morgan fingerprint density at radius 1 is 1.30 bits per heavy atom. The molecule has 1 aromatic carbocycles. The highest BCUT2D eigenvalue weighted by atomic mass is 16.7. The van der Waals surface area contributed by atoms with E-state index in [1.807, 2.05) is 37.3 Å². The van der Waals surface area contributed by atoms with Gasteiger partial charge < -0.3 is 19.3 Å². The number of hydrogen-bond donors (Lipinski definition) is 1. The molecule has 0 aliphatic heterocycles. The van der Waals surface area contributed by atoms with Gasteiger partial charge in [0.1, 0.15) is 18.5 Å². The van der Waals surface area contributed by atoms with Gasteiger partial charge in [0.05, 0.1) is 13.2 Å². The molecule has 0 heterocycles. The van der Waals surface area contributed by atoms with Crippen molar-refractivity contribution in [2.24, 2.45) is 0 Å². The van der Waals surface area contributed by atoms with Crippen molar-refractivity contribution in [3.8, 4) is 0 Å². The Bertz CT molecular complexity index is 379. The van der Waals surface area contributed by atoms with Gasteiger partial charge >= 0.3 is 0 Å². The van der Waals surface area contributed by atoms with Crippen molar-refractivity contribution in [3.63, 3.8) is 0 Å². The molecule has 0 amide bonds. The van der Waals surface area contributed by atoms with E-state index >= 15 is 0 Å². The molecule has 0 aliphatic carbocycles. The predicted molar refractivity (Wildman–Crippen MR) is 78.4 cm³/mol. The van der Waals surface area contributed by atoms with Crippen LogP contribution in [0, 0.1) is 0 Å². The first-order valence-corrected chi connectivity index (χ1v) is 6.77. The van der Waals surface area contributed by atoms with E-state index < -0.39 is 11.7 Å². The summed E-state index contributed by atoms with van der Waals surface area (Å²) < 4.78 is 15.8. The third-order valence-corrected chi connectivity index (χ3v) is 3.26. The molecule has 0 bridgehead atoms. The van der Waals surface area contributed by atoms with Crippen LogP contribution in [-0.4, -0.2) is 38.3 Å². The maximum absolute atomic E-state index is 10.9. The predicted octanol–water partition coefficient (Wildman–Crippen LogP) is 2.48. The fraction of sp³-hybridized carbons (Fsp3) is 0.500. The zero-order chi connectivity index (χ0) is 14.8.